The number of likely N-dealkylation sites (tertiary alicyclic amines) is 1. The number of nitrogens with zero attached hydrogens (tertiary/aromatic N) is 1. The summed E-state index contributed by atoms with van der Waals surface area (Å²) >= 11 is 1.03. The van der Waals surface area contributed by atoms with Crippen LogP contribution in [0.3, 0.4) is 0 Å². The fraction of sp³-hybridized carbons (Fsp3) is 0.429. The fourth-order valence-electron chi connectivity index (χ4n) is 4.62. The minimum Gasteiger partial charge on any atom is -0.495 e. The molecule has 1 aliphatic rings. The smallest absolute Gasteiger partial charge is 0.418 e. The molecule has 1 aromatic heterocycles. The summed E-state index contributed by atoms with van der Waals surface area (Å²) in [6.45, 7) is 4.35. The predicted molar refractivity (Wildman–Crippen MR) is 155 cm³/mol. The van der Waals surface area contributed by atoms with E-state index in [0.717, 1.165) is 11.3 Å². The molecule has 0 spiro atoms. The van der Waals surface area contributed by atoms with Crippen LogP contribution in [0.25, 0.3) is 10.1 Å². The van der Waals surface area contributed by atoms with E-state index in [-0.39, 0.29) is 28.9 Å². The molecule has 1 aliphatic heterocycles. The van der Waals surface area contributed by atoms with Crippen molar-refractivity contribution in [2.24, 2.45) is 0 Å². The summed E-state index contributed by atoms with van der Waals surface area (Å²) in [5, 5.41) is 17.4. The van der Waals surface area contributed by atoms with Crippen LogP contribution in [-0.4, -0.2) is 75.5 Å². The van der Waals surface area contributed by atoms with Crippen LogP contribution in [0.5, 0.6) is 5.75 Å². The average molecular weight is 598 g/mol. The van der Waals surface area contributed by atoms with Gasteiger partial charge in [-0.15, -0.1) is 11.3 Å². The van der Waals surface area contributed by atoms with E-state index in [1.807, 2.05) is 11.9 Å². The summed E-state index contributed by atoms with van der Waals surface area (Å²) in [6, 6.07) is 9.45. The lowest BCUT2D eigenvalue weighted by Crippen LogP contribution is -2.46. The Balaban J connectivity index is 1.64. The number of hydrogen-bond acceptors (Lipinski definition) is 7. The van der Waals surface area contributed by atoms with Crippen LogP contribution >= 0.6 is 18.5 Å². The molecule has 0 unspecified atom stereocenters. The number of methoxy groups -OCH3 is 1. The van der Waals surface area contributed by atoms with E-state index < -0.39 is 31.6 Å². The van der Waals surface area contributed by atoms with Crippen LogP contribution in [0.15, 0.2) is 36.4 Å². The maximum absolute atomic E-state index is 14.7. The van der Waals surface area contributed by atoms with Crippen molar-refractivity contribution in [2.45, 2.75) is 30.9 Å². The monoisotopic (exact) mass is 597 g/mol. The third-order valence-corrected chi connectivity index (χ3v) is 9.49. The van der Waals surface area contributed by atoms with Gasteiger partial charge >= 0.3 is 6.18 Å². The van der Waals surface area contributed by atoms with E-state index in [1.165, 1.54) is 13.2 Å². The highest BCUT2D eigenvalue weighted by Gasteiger charge is 2.42. The fourth-order valence-corrected chi connectivity index (χ4v) is 6.67. The number of thiophene rings is 1. The second-order valence-corrected chi connectivity index (χ2v) is 14.4. The molecule has 3 atom stereocenters. The van der Waals surface area contributed by atoms with E-state index in [2.05, 4.69) is 22.5 Å². The molecule has 3 N–H and O–H groups in total. The first-order valence-electron chi connectivity index (χ1n) is 12.6. The van der Waals surface area contributed by atoms with Crippen LogP contribution < -0.4 is 20.7 Å². The van der Waals surface area contributed by atoms with E-state index in [4.69, 9.17) is 4.74 Å². The summed E-state index contributed by atoms with van der Waals surface area (Å²) in [6.07, 6.45) is -8.20. The molecule has 4 rings (SSSR count). The summed E-state index contributed by atoms with van der Waals surface area (Å²) in [7, 11) is 0.829. The number of ether oxygens (including phenoxy) is 1. The molecule has 216 valence electrons. The van der Waals surface area contributed by atoms with Gasteiger partial charge in [-0.3, -0.25) is 0 Å². The normalized spacial score (nSPS) is 19.1. The number of aliphatic hydroxyl groups is 1. The third-order valence-electron chi connectivity index (χ3n) is 6.80. The van der Waals surface area contributed by atoms with Crippen LogP contribution in [-0.2, 0) is 4.57 Å². The van der Waals surface area contributed by atoms with Crippen molar-refractivity contribution in [2.75, 3.05) is 57.8 Å². The number of fused-ring (bicyclic) bond motifs is 1. The number of rotatable bonds is 7. The topological polar surface area (TPSA) is 73.8 Å². The van der Waals surface area contributed by atoms with Crippen LogP contribution in [0.1, 0.15) is 23.0 Å². The van der Waals surface area contributed by atoms with E-state index in [9.17, 15) is 27.2 Å². The van der Waals surface area contributed by atoms with E-state index in [0.29, 0.717) is 40.1 Å². The van der Waals surface area contributed by atoms with Crippen LogP contribution in [0, 0.1) is 11.8 Å². The van der Waals surface area contributed by atoms with Gasteiger partial charge in [0.15, 0.2) is 6.10 Å². The Hall–Kier alpha value is -2.77. The number of aliphatic hydroxyl groups excluding tert-OH is 1. The highest BCUT2D eigenvalue weighted by molar-refractivity contribution is 7.70. The van der Waals surface area contributed by atoms with Crippen molar-refractivity contribution in [3.05, 3.63) is 46.8 Å². The van der Waals surface area contributed by atoms with Crippen LogP contribution in [0.4, 0.5) is 28.9 Å². The Morgan fingerprint density at radius 3 is 2.65 bits per heavy atom. The zero-order valence-electron chi connectivity index (χ0n) is 22.6. The second kappa shape index (κ2) is 12.0. The van der Waals surface area contributed by atoms with Crippen molar-refractivity contribution in [3.8, 4) is 17.6 Å². The largest absolute Gasteiger partial charge is 0.495 e. The molecular formula is C28H32F4N3O3PS. The summed E-state index contributed by atoms with van der Waals surface area (Å²) in [4.78, 5) is 1.97. The van der Waals surface area contributed by atoms with Crippen molar-refractivity contribution < 1.29 is 32.0 Å². The zero-order valence-corrected chi connectivity index (χ0v) is 24.3. The number of benzene rings is 2. The molecule has 0 amide bonds. The molecule has 0 radical (unpaired) electrons. The van der Waals surface area contributed by atoms with Gasteiger partial charge in [-0.05, 0) is 51.1 Å². The molecule has 40 heavy (non-hydrogen) atoms. The van der Waals surface area contributed by atoms with E-state index >= 15 is 0 Å². The number of nitrogens with one attached hydrogen (secondary N) is 2. The molecule has 3 aromatic rings. The third kappa shape index (κ3) is 6.74. The SMILES string of the molecule is COc1cc(P(C)(C)=O)ccc1NCC#Cc1sc2c(N[C@@H]3CCN(C)C[C@@H]3F)cccc2c1[C@@H](O)C(F)(F)F. The average Bonchev–Trinajstić information content (AvgIpc) is 3.25. The number of piperidine rings is 1. The molecule has 6 nitrogen and oxygen atoms in total. The quantitative estimate of drug-likeness (QED) is 0.185. The zero-order chi connectivity index (χ0) is 29.2. The molecule has 12 heteroatoms. The minimum atomic E-state index is -4.89. The first-order valence-corrected chi connectivity index (χ1v) is 16.1. The summed E-state index contributed by atoms with van der Waals surface area (Å²) in [5.74, 6) is 6.10. The molecule has 1 saturated heterocycles. The van der Waals surface area contributed by atoms with Gasteiger partial charge in [-0.1, -0.05) is 24.0 Å². The number of anilines is 2. The molecule has 1 fully saturated rings. The highest BCUT2D eigenvalue weighted by Crippen LogP contribution is 2.44. The Labute approximate surface area is 235 Å². The van der Waals surface area contributed by atoms with Crippen molar-refractivity contribution in [1.29, 1.82) is 0 Å². The Bertz CT molecular complexity index is 1480. The number of hydrogen-bond donors (Lipinski definition) is 3. The van der Waals surface area contributed by atoms with Gasteiger partial charge in [0, 0.05) is 29.3 Å². The van der Waals surface area contributed by atoms with Crippen molar-refractivity contribution in [3.63, 3.8) is 0 Å². The molecule has 0 aliphatic carbocycles. The van der Waals surface area contributed by atoms with Gasteiger partial charge in [-0.25, -0.2) is 4.39 Å². The lowest BCUT2D eigenvalue weighted by atomic mass is 10.0. The highest BCUT2D eigenvalue weighted by atomic mass is 32.1. The Kier molecular flexibility index (Phi) is 9.05. The Morgan fingerprint density at radius 2 is 2.00 bits per heavy atom. The van der Waals surface area contributed by atoms with Gasteiger partial charge in [0.05, 0.1) is 40.6 Å². The van der Waals surface area contributed by atoms with Gasteiger partial charge < -0.3 is 29.9 Å². The molecular weight excluding hydrogens is 565 g/mol. The van der Waals surface area contributed by atoms with Crippen molar-refractivity contribution >= 4 is 45.2 Å². The number of halogens is 4. The maximum atomic E-state index is 14.7. The lowest BCUT2D eigenvalue weighted by molar-refractivity contribution is -0.206. The molecule has 2 aromatic carbocycles. The Morgan fingerprint density at radius 1 is 1.25 bits per heavy atom. The minimum absolute atomic E-state index is 0.0750. The maximum Gasteiger partial charge on any atom is 0.418 e. The van der Waals surface area contributed by atoms with Gasteiger partial charge in [0.1, 0.15) is 19.1 Å². The van der Waals surface area contributed by atoms with E-state index in [1.54, 1.807) is 43.7 Å². The lowest BCUT2D eigenvalue weighted by Gasteiger charge is -2.33. The molecule has 2 heterocycles. The van der Waals surface area contributed by atoms with Crippen LogP contribution in [0.2, 0.25) is 0 Å². The summed E-state index contributed by atoms with van der Waals surface area (Å²) in [5.41, 5.74) is 0.786. The van der Waals surface area contributed by atoms with Gasteiger partial charge in [-0.2, -0.15) is 13.2 Å². The second-order valence-electron chi connectivity index (χ2n) is 10.2. The first kappa shape index (κ1) is 30.2. The van der Waals surface area contributed by atoms with Gasteiger partial charge in [0.2, 0.25) is 0 Å². The van der Waals surface area contributed by atoms with Gasteiger partial charge in [0.25, 0.3) is 0 Å². The first-order chi connectivity index (χ1) is 18.8. The molecule has 0 bridgehead atoms. The summed E-state index contributed by atoms with van der Waals surface area (Å²) < 4.78 is 74.0. The molecule has 0 saturated carbocycles. The van der Waals surface area contributed by atoms with Crippen molar-refractivity contribution in [1.82, 2.24) is 4.90 Å². The predicted octanol–water partition coefficient (Wildman–Crippen LogP) is 5.67. The number of alkyl halides is 4. The standard InChI is InChI=1S/C28H32F4N3O3PS/c1-35-14-12-20(19(29)16-35)34-22-8-5-7-18-25(27(36)28(30,31)32)24(40-26(18)22)9-6-13-33-21-11-10-17(39(3,4)37)15-23(21)38-2/h5,7-8,10-11,15,19-20,27,33-34,36H,12-14,16H2,1-4H3/t19-,20+,27+/m0/s1.